The lowest BCUT2D eigenvalue weighted by Crippen LogP contribution is -2.46. The lowest BCUT2D eigenvalue weighted by molar-refractivity contribution is -0.139. The Bertz CT molecular complexity index is 1850. The highest BCUT2D eigenvalue weighted by atomic mass is 16.5. The van der Waals surface area contributed by atoms with Crippen molar-refractivity contribution in [2.24, 2.45) is 0 Å². The first kappa shape index (κ1) is 27.1. The molecule has 1 fully saturated rings. The van der Waals surface area contributed by atoms with Crippen molar-refractivity contribution in [2.75, 3.05) is 44.2 Å². The van der Waals surface area contributed by atoms with E-state index >= 15 is 0 Å². The minimum Gasteiger partial charge on any atom is -0.479 e. The third-order valence-corrected chi connectivity index (χ3v) is 7.74. The average molecular weight is 563 g/mol. The van der Waals surface area contributed by atoms with Gasteiger partial charge in [0.1, 0.15) is 0 Å². The van der Waals surface area contributed by atoms with E-state index in [1.165, 1.54) is 11.6 Å². The highest BCUT2D eigenvalue weighted by Gasteiger charge is 2.17. The molecular weight excluding hydrogens is 532 g/mol. The Morgan fingerprint density at radius 1 is 1.00 bits per heavy atom. The van der Waals surface area contributed by atoms with Crippen molar-refractivity contribution in [2.45, 2.75) is 12.8 Å². The molecule has 0 radical (unpaired) electrons. The number of aryl methyl sites for hydroxylation is 1. The second kappa shape index (κ2) is 11.8. The topological polar surface area (TPSA) is 108 Å². The number of H-pyrrole nitrogens is 1. The first-order valence-corrected chi connectivity index (χ1v) is 13.9. The van der Waals surface area contributed by atoms with Gasteiger partial charge in [-0.05, 0) is 78.9 Å². The predicted octanol–water partition coefficient (Wildman–Crippen LogP) is 4.64. The van der Waals surface area contributed by atoms with Crippen LogP contribution in [0.4, 0.5) is 11.4 Å². The van der Waals surface area contributed by atoms with Gasteiger partial charge in [-0.25, -0.2) is 14.6 Å². The van der Waals surface area contributed by atoms with Gasteiger partial charge >= 0.3 is 5.97 Å². The fourth-order valence-corrected chi connectivity index (χ4v) is 5.52. The van der Waals surface area contributed by atoms with Crippen LogP contribution in [0.25, 0.3) is 32.3 Å². The number of rotatable bonds is 9. The van der Waals surface area contributed by atoms with Gasteiger partial charge in [-0.3, -0.25) is 14.3 Å². The van der Waals surface area contributed by atoms with E-state index in [0.717, 1.165) is 67.8 Å². The van der Waals surface area contributed by atoms with Gasteiger partial charge in [-0.1, -0.05) is 6.07 Å². The van der Waals surface area contributed by atoms with Crippen LogP contribution in [0.3, 0.4) is 0 Å². The molecule has 0 unspecified atom stereocenters. The van der Waals surface area contributed by atoms with Crippen LogP contribution < -0.4 is 15.2 Å². The van der Waals surface area contributed by atoms with Crippen LogP contribution in [0, 0.1) is 6.57 Å². The van der Waals surface area contributed by atoms with Gasteiger partial charge in [-0.2, -0.15) is 0 Å². The zero-order valence-electron chi connectivity index (χ0n) is 23.0. The summed E-state index contributed by atoms with van der Waals surface area (Å²) in [6.45, 7) is 11.7. The van der Waals surface area contributed by atoms with Crippen LogP contribution in [0.2, 0.25) is 0 Å². The number of fused-ring (bicyclic) bond motifs is 2. The molecule has 1 saturated heterocycles. The summed E-state index contributed by atoms with van der Waals surface area (Å²) >= 11 is 0. The van der Waals surface area contributed by atoms with Crippen LogP contribution in [-0.2, 0) is 11.2 Å². The molecule has 2 aromatic carbocycles. The summed E-state index contributed by atoms with van der Waals surface area (Å²) < 4.78 is 6.71. The van der Waals surface area contributed by atoms with Gasteiger partial charge in [0, 0.05) is 61.5 Å². The Balaban J connectivity index is 1.04. The maximum Gasteiger partial charge on any atom is 0.341 e. The number of aliphatic carboxylic acids is 1. The lowest BCUT2D eigenvalue weighted by atomic mass is 10.1. The number of carboxylic acids is 1. The smallest absolute Gasteiger partial charge is 0.341 e. The molecule has 5 aromatic rings. The quantitative estimate of drug-likeness (QED) is 0.252. The number of aromatic nitrogens is 3. The number of piperazine rings is 1. The first-order chi connectivity index (χ1) is 20.5. The number of benzene rings is 2. The molecule has 212 valence electrons. The Morgan fingerprint density at radius 3 is 2.55 bits per heavy atom. The van der Waals surface area contributed by atoms with Crippen molar-refractivity contribution in [3.05, 3.63) is 100 Å². The van der Waals surface area contributed by atoms with E-state index in [2.05, 4.69) is 42.9 Å². The number of ether oxygens (including phenoxy) is 1. The van der Waals surface area contributed by atoms with Gasteiger partial charge in [0.15, 0.2) is 12.3 Å². The minimum absolute atomic E-state index is 0.164. The van der Waals surface area contributed by atoms with Crippen molar-refractivity contribution in [3.8, 4) is 11.6 Å². The SMILES string of the molecule is [C-]#[N+]c1ccc2[nH]cc(CCCN3CCN(c4ccc(-n5ccc6nc(OCC(=O)O)ccc6c5=O)cc4)CC3)c2c1. The standard InChI is InChI=1S/C32H30N6O4/c1-33-23-4-10-28-27(19-23)22(20-34-28)3-2-13-36-15-17-37(18-16-36)24-5-7-25(8-6-24)38-14-12-29-26(32(38)41)9-11-30(35-29)42-21-31(39)40/h4-12,14,19-20,34H,2-3,13,15-18,21H2,(H,39,40). The van der Waals surface area contributed by atoms with Crippen LogP contribution in [-0.4, -0.2) is 69.8 Å². The number of carbonyl (C=O) groups is 1. The predicted molar refractivity (Wildman–Crippen MR) is 162 cm³/mol. The monoisotopic (exact) mass is 562 g/mol. The molecule has 10 heteroatoms. The molecule has 3 aromatic heterocycles. The third-order valence-electron chi connectivity index (χ3n) is 7.74. The number of nitrogens with zero attached hydrogens (tertiary/aromatic N) is 5. The minimum atomic E-state index is -1.09. The van der Waals surface area contributed by atoms with Gasteiger partial charge < -0.3 is 19.7 Å². The Morgan fingerprint density at radius 2 is 1.79 bits per heavy atom. The maximum atomic E-state index is 13.1. The number of aromatic amines is 1. The fourth-order valence-electron chi connectivity index (χ4n) is 5.52. The van der Waals surface area contributed by atoms with Crippen molar-refractivity contribution in [1.82, 2.24) is 19.4 Å². The number of carboxylic acid groups (broad SMARTS) is 1. The van der Waals surface area contributed by atoms with Crippen LogP contribution >= 0.6 is 0 Å². The van der Waals surface area contributed by atoms with E-state index in [-0.39, 0.29) is 11.4 Å². The largest absolute Gasteiger partial charge is 0.479 e. The number of hydrogen-bond donors (Lipinski definition) is 2. The molecule has 0 aliphatic carbocycles. The number of anilines is 1. The molecule has 0 atom stereocenters. The van der Waals surface area contributed by atoms with Gasteiger partial charge in [0.25, 0.3) is 5.56 Å². The van der Waals surface area contributed by atoms with Crippen LogP contribution in [0.5, 0.6) is 5.88 Å². The Kier molecular flexibility index (Phi) is 7.58. The molecular formula is C32H30N6O4. The summed E-state index contributed by atoms with van der Waals surface area (Å²) in [4.78, 5) is 39.9. The van der Waals surface area contributed by atoms with Crippen molar-refractivity contribution in [3.63, 3.8) is 0 Å². The molecule has 1 aliphatic heterocycles. The van der Waals surface area contributed by atoms with Crippen molar-refractivity contribution < 1.29 is 14.6 Å². The third kappa shape index (κ3) is 5.68. The average Bonchev–Trinajstić information content (AvgIpc) is 3.42. The van der Waals surface area contributed by atoms with E-state index in [1.54, 1.807) is 22.9 Å². The molecule has 1 aliphatic rings. The van der Waals surface area contributed by atoms with Gasteiger partial charge in [0.2, 0.25) is 5.88 Å². The zero-order valence-corrected chi connectivity index (χ0v) is 23.0. The zero-order chi connectivity index (χ0) is 29.1. The summed E-state index contributed by atoms with van der Waals surface area (Å²) in [7, 11) is 0. The highest BCUT2D eigenvalue weighted by molar-refractivity contribution is 5.86. The van der Waals surface area contributed by atoms with Gasteiger partial charge in [-0.15, -0.1) is 0 Å². The van der Waals surface area contributed by atoms with Crippen molar-refractivity contribution in [1.29, 1.82) is 0 Å². The normalized spacial score (nSPS) is 13.8. The summed E-state index contributed by atoms with van der Waals surface area (Å²) in [5, 5.41) is 10.4. The number of hydrogen-bond acceptors (Lipinski definition) is 6. The van der Waals surface area contributed by atoms with Crippen LogP contribution in [0.15, 0.2) is 77.9 Å². The van der Waals surface area contributed by atoms with E-state index in [0.29, 0.717) is 16.6 Å². The number of pyridine rings is 2. The summed E-state index contributed by atoms with van der Waals surface area (Å²) in [5.74, 6) is -0.926. The van der Waals surface area contributed by atoms with Gasteiger partial charge in [0.05, 0.1) is 17.5 Å². The second-order valence-electron chi connectivity index (χ2n) is 10.4. The maximum absolute atomic E-state index is 13.1. The van der Waals surface area contributed by atoms with E-state index in [1.807, 2.05) is 30.3 Å². The van der Waals surface area contributed by atoms with E-state index < -0.39 is 12.6 Å². The lowest BCUT2D eigenvalue weighted by Gasteiger charge is -2.36. The molecule has 0 amide bonds. The van der Waals surface area contributed by atoms with Crippen molar-refractivity contribution >= 4 is 39.1 Å². The molecule has 42 heavy (non-hydrogen) atoms. The van der Waals surface area contributed by atoms with E-state index in [4.69, 9.17) is 16.4 Å². The summed E-state index contributed by atoms with van der Waals surface area (Å²) in [6.07, 6.45) is 5.79. The first-order valence-electron chi connectivity index (χ1n) is 13.9. The molecule has 6 rings (SSSR count). The summed E-state index contributed by atoms with van der Waals surface area (Å²) in [6, 6.07) is 18.7. The summed E-state index contributed by atoms with van der Waals surface area (Å²) in [5.41, 5.74) is 5.16. The number of nitrogens with one attached hydrogen (secondary N) is 1. The molecule has 2 N–H and O–H groups in total. The molecule has 0 spiro atoms. The fraction of sp³-hybridized carbons (Fsp3) is 0.250. The molecule has 4 heterocycles. The highest BCUT2D eigenvalue weighted by Crippen LogP contribution is 2.25. The Labute approximate surface area is 242 Å². The molecule has 0 saturated carbocycles. The molecule has 0 bridgehead atoms. The van der Waals surface area contributed by atoms with E-state index in [9.17, 15) is 9.59 Å². The Hall–Kier alpha value is -5.14. The van der Waals surface area contributed by atoms with Crippen LogP contribution in [0.1, 0.15) is 12.0 Å². The second-order valence-corrected chi connectivity index (χ2v) is 10.4. The molecule has 10 nitrogen and oxygen atoms in total.